The monoisotopic (exact) mass is 261 g/mol. The van der Waals surface area contributed by atoms with Crippen LogP contribution in [0.4, 0.5) is 24.5 Å². The van der Waals surface area contributed by atoms with Crippen LogP contribution < -0.4 is 16.4 Å². The molecule has 0 saturated carbocycles. The van der Waals surface area contributed by atoms with Crippen LogP contribution in [0.2, 0.25) is 0 Å². The van der Waals surface area contributed by atoms with E-state index in [1.807, 2.05) is 0 Å². The molecule has 100 valence electrons. The highest BCUT2D eigenvalue weighted by molar-refractivity contribution is 5.82. The first-order valence-electron chi connectivity index (χ1n) is 5.32. The Morgan fingerprint density at radius 3 is 2.56 bits per heavy atom. The third-order valence-corrected chi connectivity index (χ3v) is 2.19. The summed E-state index contributed by atoms with van der Waals surface area (Å²) in [6.07, 6.45) is -4.42. The van der Waals surface area contributed by atoms with Crippen molar-refractivity contribution in [3.8, 4) is 0 Å². The maximum Gasteiger partial charge on any atom is 0.416 e. The predicted molar refractivity (Wildman–Crippen MR) is 63.0 cm³/mol. The van der Waals surface area contributed by atoms with Crippen LogP contribution in [0, 0.1) is 0 Å². The molecule has 0 atom stereocenters. The molecule has 18 heavy (non-hydrogen) atoms. The zero-order chi connectivity index (χ0) is 13.8. The van der Waals surface area contributed by atoms with E-state index in [1.165, 1.54) is 6.07 Å². The molecule has 0 aromatic heterocycles. The Morgan fingerprint density at radius 1 is 1.39 bits per heavy atom. The highest BCUT2D eigenvalue weighted by Gasteiger charge is 2.30. The van der Waals surface area contributed by atoms with Crippen molar-refractivity contribution in [3.05, 3.63) is 23.8 Å². The number of nitrogens with two attached hydrogens (primary N) is 1. The number of alkyl halides is 3. The first-order chi connectivity index (χ1) is 8.34. The van der Waals surface area contributed by atoms with Gasteiger partial charge in [0.25, 0.3) is 0 Å². The van der Waals surface area contributed by atoms with Gasteiger partial charge in [0.05, 0.1) is 23.5 Å². The number of nitrogens with one attached hydrogen (secondary N) is 2. The van der Waals surface area contributed by atoms with Crippen LogP contribution in [0.1, 0.15) is 12.5 Å². The van der Waals surface area contributed by atoms with Crippen LogP contribution in [-0.4, -0.2) is 19.0 Å². The number of carbonyl (C=O) groups excluding carboxylic acids is 1. The van der Waals surface area contributed by atoms with E-state index in [4.69, 9.17) is 5.73 Å². The number of hydrogen-bond acceptors (Lipinski definition) is 3. The molecule has 0 bridgehead atoms. The third-order valence-electron chi connectivity index (χ3n) is 2.19. The lowest BCUT2D eigenvalue weighted by molar-refractivity contribution is -0.137. The number of amides is 1. The highest BCUT2D eigenvalue weighted by atomic mass is 19.4. The molecule has 0 heterocycles. The van der Waals surface area contributed by atoms with Crippen molar-refractivity contribution < 1.29 is 18.0 Å². The average Bonchev–Trinajstić information content (AvgIpc) is 2.26. The molecule has 0 radical (unpaired) electrons. The zero-order valence-electron chi connectivity index (χ0n) is 9.77. The summed E-state index contributed by atoms with van der Waals surface area (Å²) in [6, 6.07) is 2.95. The number of nitrogen functional groups attached to an aromatic ring is 1. The molecule has 1 aromatic carbocycles. The van der Waals surface area contributed by atoms with Crippen LogP contribution in [0.3, 0.4) is 0 Å². The van der Waals surface area contributed by atoms with E-state index in [0.717, 1.165) is 12.1 Å². The second kappa shape index (κ2) is 5.61. The molecule has 0 aliphatic carbocycles. The molecule has 0 saturated heterocycles. The Labute approximate surface area is 102 Å². The lowest BCUT2D eigenvalue weighted by Gasteiger charge is -2.12. The van der Waals surface area contributed by atoms with Gasteiger partial charge in [0, 0.05) is 6.54 Å². The summed E-state index contributed by atoms with van der Waals surface area (Å²) in [5, 5.41) is 5.22. The fraction of sp³-hybridized carbons (Fsp3) is 0.364. The van der Waals surface area contributed by atoms with Gasteiger partial charge in [-0.25, -0.2) is 0 Å². The largest absolute Gasteiger partial charge is 0.416 e. The van der Waals surface area contributed by atoms with Gasteiger partial charge in [0.2, 0.25) is 5.91 Å². The molecule has 0 aliphatic rings. The summed E-state index contributed by atoms with van der Waals surface area (Å²) in [7, 11) is 0. The number of likely N-dealkylation sites (N-methyl/N-ethyl adjacent to an activating group) is 1. The molecular weight excluding hydrogens is 247 g/mol. The van der Waals surface area contributed by atoms with Crippen molar-refractivity contribution in [2.45, 2.75) is 13.1 Å². The van der Waals surface area contributed by atoms with Gasteiger partial charge in [-0.3, -0.25) is 4.79 Å². The molecule has 7 heteroatoms. The number of rotatable bonds is 4. The summed E-state index contributed by atoms with van der Waals surface area (Å²) in [5.41, 5.74) is 4.92. The molecule has 1 amide bonds. The van der Waals surface area contributed by atoms with Crippen LogP contribution in [0.5, 0.6) is 0 Å². The van der Waals surface area contributed by atoms with Crippen molar-refractivity contribution in [3.63, 3.8) is 0 Å². The maximum absolute atomic E-state index is 12.4. The van der Waals surface area contributed by atoms with Crippen molar-refractivity contribution in [1.82, 2.24) is 5.32 Å². The molecule has 0 aliphatic heterocycles. The van der Waals surface area contributed by atoms with Crippen LogP contribution in [-0.2, 0) is 11.0 Å². The Kier molecular flexibility index (Phi) is 4.41. The second-order valence-electron chi connectivity index (χ2n) is 3.61. The van der Waals surface area contributed by atoms with E-state index in [-0.39, 0.29) is 18.1 Å². The van der Waals surface area contributed by atoms with Gasteiger partial charge in [0.15, 0.2) is 0 Å². The fourth-order valence-electron chi connectivity index (χ4n) is 1.34. The van der Waals surface area contributed by atoms with E-state index in [2.05, 4.69) is 10.6 Å². The van der Waals surface area contributed by atoms with Gasteiger partial charge in [-0.15, -0.1) is 0 Å². The molecule has 4 nitrogen and oxygen atoms in total. The van der Waals surface area contributed by atoms with Gasteiger partial charge >= 0.3 is 6.18 Å². The molecule has 4 N–H and O–H groups in total. The van der Waals surface area contributed by atoms with Crippen molar-refractivity contribution in [1.29, 1.82) is 0 Å². The first kappa shape index (κ1) is 14.1. The maximum atomic E-state index is 12.4. The quantitative estimate of drug-likeness (QED) is 0.724. The summed E-state index contributed by atoms with van der Waals surface area (Å²) in [6.45, 7) is 2.22. The standard InChI is InChI=1S/C11H14F3N3O/c1-2-16-10(18)6-17-9-4-3-7(5-8(9)15)11(12,13)14/h3-5,17H,2,6,15H2,1H3,(H,16,18). The number of carbonyl (C=O) groups is 1. The van der Waals surface area contributed by atoms with Crippen LogP contribution in [0.15, 0.2) is 18.2 Å². The van der Waals surface area contributed by atoms with Gasteiger partial charge < -0.3 is 16.4 Å². The predicted octanol–water partition coefficient (Wildman–Crippen LogP) is 1.84. The smallest absolute Gasteiger partial charge is 0.397 e. The van der Waals surface area contributed by atoms with E-state index in [9.17, 15) is 18.0 Å². The zero-order valence-corrected chi connectivity index (χ0v) is 9.77. The Hall–Kier alpha value is -1.92. The molecule has 1 rings (SSSR count). The Bertz CT molecular complexity index is 432. The summed E-state index contributed by atoms with van der Waals surface area (Å²) >= 11 is 0. The van der Waals surface area contributed by atoms with Crippen LogP contribution in [0.25, 0.3) is 0 Å². The summed E-state index contributed by atoms with van der Waals surface area (Å²) in [4.78, 5) is 11.2. The van der Waals surface area contributed by atoms with Gasteiger partial charge in [-0.05, 0) is 25.1 Å². The Balaban J connectivity index is 2.72. The minimum absolute atomic E-state index is 0.0383. The summed E-state index contributed by atoms with van der Waals surface area (Å²) in [5.74, 6) is -0.253. The molecule has 0 fully saturated rings. The Morgan fingerprint density at radius 2 is 2.06 bits per heavy atom. The first-order valence-corrected chi connectivity index (χ1v) is 5.32. The average molecular weight is 261 g/mol. The molecular formula is C11H14F3N3O. The second-order valence-corrected chi connectivity index (χ2v) is 3.61. The SMILES string of the molecule is CCNC(=O)CNc1ccc(C(F)(F)F)cc1N. The van der Waals surface area contributed by atoms with E-state index in [1.54, 1.807) is 6.92 Å². The van der Waals surface area contributed by atoms with Crippen molar-refractivity contribution in [2.75, 3.05) is 24.1 Å². The van der Waals surface area contributed by atoms with Gasteiger partial charge in [-0.1, -0.05) is 0 Å². The highest BCUT2D eigenvalue weighted by Crippen LogP contribution is 2.32. The van der Waals surface area contributed by atoms with E-state index < -0.39 is 11.7 Å². The fourth-order valence-corrected chi connectivity index (χ4v) is 1.34. The molecule has 0 unspecified atom stereocenters. The normalized spacial score (nSPS) is 11.1. The lowest BCUT2D eigenvalue weighted by atomic mass is 10.1. The number of anilines is 2. The third kappa shape index (κ3) is 3.83. The van der Waals surface area contributed by atoms with Gasteiger partial charge in [-0.2, -0.15) is 13.2 Å². The van der Waals surface area contributed by atoms with Gasteiger partial charge in [0.1, 0.15) is 0 Å². The number of halogens is 3. The van der Waals surface area contributed by atoms with E-state index in [0.29, 0.717) is 12.2 Å². The van der Waals surface area contributed by atoms with Crippen LogP contribution >= 0.6 is 0 Å². The molecule has 0 spiro atoms. The lowest BCUT2D eigenvalue weighted by Crippen LogP contribution is -2.29. The van der Waals surface area contributed by atoms with Crippen molar-refractivity contribution in [2.24, 2.45) is 0 Å². The van der Waals surface area contributed by atoms with Crippen molar-refractivity contribution >= 4 is 17.3 Å². The topological polar surface area (TPSA) is 67.2 Å². The minimum atomic E-state index is -4.42. The summed E-state index contributed by atoms with van der Waals surface area (Å²) < 4.78 is 37.1. The number of hydrogen-bond donors (Lipinski definition) is 3. The van der Waals surface area contributed by atoms with E-state index >= 15 is 0 Å². The minimum Gasteiger partial charge on any atom is -0.397 e. The molecule has 1 aromatic rings. The number of benzene rings is 1.